The lowest BCUT2D eigenvalue weighted by molar-refractivity contribution is -0.119. The molecule has 0 aliphatic heterocycles. The Morgan fingerprint density at radius 2 is 1.76 bits per heavy atom. The molecule has 0 aliphatic carbocycles. The molecule has 0 radical (unpaired) electrons. The zero-order valence-electron chi connectivity index (χ0n) is 13.3. The van der Waals surface area contributed by atoms with Gasteiger partial charge in [-0.3, -0.25) is 9.10 Å². The number of nitrogens with zero attached hydrogens (tertiary/aromatic N) is 1. The van der Waals surface area contributed by atoms with Crippen molar-refractivity contribution in [2.45, 2.75) is 27.7 Å². The van der Waals surface area contributed by atoms with Crippen molar-refractivity contribution in [1.82, 2.24) is 5.32 Å². The molecule has 1 rings (SSSR count). The highest BCUT2D eigenvalue weighted by molar-refractivity contribution is 7.92. The van der Waals surface area contributed by atoms with Gasteiger partial charge in [-0.1, -0.05) is 32.0 Å². The summed E-state index contributed by atoms with van der Waals surface area (Å²) < 4.78 is 25.3. The molecule has 1 aromatic carbocycles. The van der Waals surface area contributed by atoms with E-state index in [1.807, 2.05) is 45.9 Å². The van der Waals surface area contributed by atoms with Gasteiger partial charge in [-0.25, -0.2) is 8.42 Å². The van der Waals surface area contributed by atoms with E-state index < -0.39 is 10.0 Å². The standard InChI is InChI=1S/C15H24N2O3S/c1-11(2)9-16-14(18)10-17(21(5,19)20)15-12(3)7-6-8-13(15)4/h6-8,11H,9-10H2,1-5H3,(H,16,18). The Labute approximate surface area is 127 Å². The first-order chi connectivity index (χ1) is 9.62. The first-order valence-electron chi connectivity index (χ1n) is 6.93. The van der Waals surface area contributed by atoms with E-state index in [0.29, 0.717) is 18.2 Å². The molecule has 0 saturated heterocycles. The van der Waals surface area contributed by atoms with E-state index in [2.05, 4.69) is 5.32 Å². The van der Waals surface area contributed by atoms with Crippen molar-refractivity contribution >= 4 is 21.6 Å². The van der Waals surface area contributed by atoms with Crippen LogP contribution in [0, 0.1) is 19.8 Å². The highest BCUT2D eigenvalue weighted by Gasteiger charge is 2.23. The number of anilines is 1. The third-order valence-electron chi connectivity index (χ3n) is 3.08. The molecular formula is C15H24N2O3S. The predicted octanol–water partition coefficient (Wildman–Crippen LogP) is 1.84. The summed E-state index contributed by atoms with van der Waals surface area (Å²) >= 11 is 0. The number of aryl methyl sites for hydroxylation is 2. The fourth-order valence-corrected chi connectivity index (χ4v) is 3.04. The molecule has 0 atom stereocenters. The Morgan fingerprint density at radius 1 is 1.24 bits per heavy atom. The highest BCUT2D eigenvalue weighted by atomic mass is 32.2. The summed E-state index contributed by atoms with van der Waals surface area (Å²) in [5, 5.41) is 2.75. The van der Waals surface area contributed by atoms with Crippen LogP contribution in [0.15, 0.2) is 18.2 Å². The minimum absolute atomic E-state index is 0.197. The average molecular weight is 312 g/mol. The number of carbonyl (C=O) groups is 1. The maximum Gasteiger partial charge on any atom is 0.240 e. The number of sulfonamides is 1. The first-order valence-corrected chi connectivity index (χ1v) is 8.78. The molecule has 0 fully saturated rings. The van der Waals surface area contributed by atoms with Gasteiger partial charge in [-0.2, -0.15) is 0 Å². The quantitative estimate of drug-likeness (QED) is 0.871. The van der Waals surface area contributed by atoms with Gasteiger partial charge in [0.2, 0.25) is 15.9 Å². The van der Waals surface area contributed by atoms with Crippen molar-refractivity contribution < 1.29 is 13.2 Å². The molecule has 0 unspecified atom stereocenters. The molecule has 118 valence electrons. The smallest absolute Gasteiger partial charge is 0.240 e. The van der Waals surface area contributed by atoms with Crippen LogP contribution < -0.4 is 9.62 Å². The molecule has 0 bridgehead atoms. The molecule has 6 heteroatoms. The molecular weight excluding hydrogens is 288 g/mol. The highest BCUT2D eigenvalue weighted by Crippen LogP contribution is 2.26. The summed E-state index contributed by atoms with van der Waals surface area (Å²) in [5.74, 6) is 0.0256. The largest absolute Gasteiger partial charge is 0.354 e. The first kappa shape index (κ1) is 17.5. The topological polar surface area (TPSA) is 66.5 Å². The van der Waals surface area contributed by atoms with Gasteiger partial charge in [0.15, 0.2) is 0 Å². The summed E-state index contributed by atoms with van der Waals surface area (Å²) in [6.45, 7) is 7.99. The van der Waals surface area contributed by atoms with Gasteiger partial charge in [0.25, 0.3) is 0 Å². The molecule has 0 aliphatic rings. The van der Waals surface area contributed by atoms with Crippen molar-refractivity contribution in [1.29, 1.82) is 0 Å². The number of hydrogen-bond acceptors (Lipinski definition) is 3. The number of benzene rings is 1. The second-order valence-electron chi connectivity index (χ2n) is 5.71. The van der Waals surface area contributed by atoms with Gasteiger partial charge < -0.3 is 5.32 Å². The monoisotopic (exact) mass is 312 g/mol. The summed E-state index contributed by atoms with van der Waals surface area (Å²) in [6, 6.07) is 5.55. The average Bonchev–Trinajstić information content (AvgIpc) is 2.33. The molecule has 1 N–H and O–H groups in total. The minimum Gasteiger partial charge on any atom is -0.354 e. The molecule has 21 heavy (non-hydrogen) atoms. The second kappa shape index (κ2) is 6.93. The Kier molecular flexibility index (Phi) is 5.78. The molecule has 0 aromatic heterocycles. The van der Waals surface area contributed by atoms with Crippen LogP contribution in [-0.2, 0) is 14.8 Å². The zero-order chi connectivity index (χ0) is 16.2. The van der Waals surface area contributed by atoms with Crippen molar-refractivity contribution in [2.75, 3.05) is 23.7 Å². The van der Waals surface area contributed by atoms with E-state index in [9.17, 15) is 13.2 Å². The van der Waals surface area contributed by atoms with Gasteiger partial charge in [0.1, 0.15) is 6.54 Å². The van der Waals surface area contributed by atoms with E-state index in [4.69, 9.17) is 0 Å². The Bertz CT molecular complexity index is 589. The van der Waals surface area contributed by atoms with Crippen LogP contribution >= 0.6 is 0 Å². The van der Waals surface area contributed by atoms with Gasteiger partial charge >= 0.3 is 0 Å². The van der Waals surface area contributed by atoms with Gasteiger partial charge in [0, 0.05) is 6.54 Å². The normalized spacial score (nSPS) is 11.5. The van der Waals surface area contributed by atoms with E-state index in [0.717, 1.165) is 17.4 Å². The number of carbonyl (C=O) groups excluding carboxylic acids is 1. The van der Waals surface area contributed by atoms with Crippen molar-refractivity contribution in [3.63, 3.8) is 0 Å². The molecule has 5 nitrogen and oxygen atoms in total. The number of hydrogen-bond donors (Lipinski definition) is 1. The number of para-hydroxylation sites is 1. The number of rotatable bonds is 6. The van der Waals surface area contributed by atoms with Crippen molar-refractivity contribution in [3.05, 3.63) is 29.3 Å². The van der Waals surface area contributed by atoms with Gasteiger partial charge in [0.05, 0.1) is 11.9 Å². The maximum absolute atomic E-state index is 12.1. The van der Waals surface area contributed by atoms with Gasteiger partial charge in [-0.05, 0) is 30.9 Å². The predicted molar refractivity (Wildman–Crippen MR) is 86.0 cm³/mol. The number of amides is 1. The fourth-order valence-electron chi connectivity index (χ4n) is 2.07. The van der Waals surface area contributed by atoms with Crippen LogP contribution in [-0.4, -0.2) is 33.7 Å². The van der Waals surface area contributed by atoms with E-state index in [1.54, 1.807) is 0 Å². The van der Waals surface area contributed by atoms with E-state index in [-0.39, 0.29) is 12.5 Å². The number of nitrogens with one attached hydrogen (secondary N) is 1. The lowest BCUT2D eigenvalue weighted by atomic mass is 10.1. The van der Waals surface area contributed by atoms with Crippen LogP contribution in [0.3, 0.4) is 0 Å². The van der Waals surface area contributed by atoms with Crippen LogP contribution in [0.2, 0.25) is 0 Å². The molecule has 0 spiro atoms. The summed E-state index contributed by atoms with van der Waals surface area (Å²) in [6.07, 6.45) is 1.12. The lowest BCUT2D eigenvalue weighted by Crippen LogP contribution is -2.41. The molecule has 0 heterocycles. The van der Waals surface area contributed by atoms with Crippen LogP contribution in [0.1, 0.15) is 25.0 Å². The Morgan fingerprint density at radius 3 is 2.19 bits per heavy atom. The Hall–Kier alpha value is -1.56. The summed E-state index contributed by atoms with van der Waals surface area (Å²) in [7, 11) is -3.52. The summed E-state index contributed by atoms with van der Waals surface area (Å²) in [5.41, 5.74) is 2.24. The Balaban J connectivity index is 3.06. The fraction of sp³-hybridized carbons (Fsp3) is 0.533. The van der Waals surface area contributed by atoms with E-state index in [1.165, 1.54) is 4.31 Å². The lowest BCUT2D eigenvalue weighted by Gasteiger charge is -2.25. The van der Waals surface area contributed by atoms with Crippen molar-refractivity contribution in [2.24, 2.45) is 5.92 Å². The third kappa shape index (κ3) is 5.04. The van der Waals surface area contributed by atoms with Gasteiger partial charge in [-0.15, -0.1) is 0 Å². The zero-order valence-corrected chi connectivity index (χ0v) is 14.1. The van der Waals surface area contributed by atoms with E-state index >= 15 is 0 Å². The maximum atomic E-state index is 12.1. The van der Waals surface area contributed by atoms with Crippen LogP contribution in [0.25, 0.3) is 0 Å². The molecule has 1 aromatic rings. The van der Waals surface area contributed by atoms with Crippen LogP contribution in [0.5, 0.6) is 0 Å². The third-order valence-corrected chi connectivity index (χ3v) is 4.20. The second-order valence-corrected chi connectivity index (χ2v) is 7.61. The summed E-state index contributed by atoms with van der Waals surface area (Å²) in [4.78, 5) is 12.0. The molecule has 0 saturated carbocycles. The SMILES string of the molecule is Cc1cccc(C)c1N(CC(=O)NCC(C)C)S(C)(=O)=O. The van der Waals surface area contributed by atoms with Crippen LogP contribution in [0.4, 0.5) is 5.69 Å². The van der Waals surface area contributed by atoms with Crippen molar-refractivity contribution in [3.8, 4) is 0 Å². The minimum atomic E-state index is -3.52. The molecule has 1 amide bonds.